The number of aromatic nitrogens is 4. The summed E-state index contributed by atoms with van der Waals surface area (Å²) in [6.07, 6.45) is 6.64. The van der Waals surface area contributed by atoms with Crippen LogP contribution in [0.1, 0.15) is 12.1 Å². The number of rotatable bonds is 7. The number of aryl methyl sites for hydroxylation is 1. The van der Waals surface area contributed by atoms with Gasteiger partial charge in [0.05, 0.1) is 24.2 Å². The maximum Gasteiger partial charge on any atom is 0.290 e. The highest BCUT2D eigenvalue weighted by molar-refractivity contribution is 5.61. The summed E-state index contributed by atoms with van der Waals surface area (Å²) in [6.45, 7) is 3.53. The number of carbonyl (C=O) groups is 1. The van der Waals surface area contributed by atoms with E-state index in [9.17, 15) is 0 Å². The van der Waals surface area contributed by atoms with E-state index >= 15 is 0 Å². The number of imidazole rings is 1. The van der Waals surface area contributed by atoms with Gasteiger partial charge in [0.2, 0.25) is 0 Å². The molecular formula is C20H27N5O3. The monoisotopic (exact) mass is 385 g/mol. The SMILES string of the molecule is Cc1c(-n2ccnc2-c2cccc(OCCCN(C)C)c2)cnn1C.O=CO. The lowest BCUT2D eigenvalue weighted by atomic mass is 10.2. The standard InChI is InChI=1S/C19H25N5O.CH2O2/c1-15-18(14-21-23(15)4)24-11-9-20-19(24)16-7-5-8-17(13-16)25-12-6-10-22(2)3;2-1-3/h5,7-9,11,13-14H,6,10,12H2,1-4H3;1H,(H,2,3). The Morgan fingerprint density at radius 2 is 2.07 bits per heavy atom. The van der Waals surface area contributed by atoms with Gasteiger partial charge in [0, 0.05) is 31.5 Å². The lowest BCUT2D eigenvalue weighted by molar-refractivity contribution is -0.122. The Balaban J connectivity index is 0.000000878. The van der Waals surface area contributed by atoms with E-state index in [1.807, 2.05) is 48.5 Å². The van der Waals surface area contributed by atoms with E-state index in [2.05, 4.69) is 46.6 Å². The maximum atomic E-state index is 8.36. The van der Waals surface area contributed by atoms with Gasteiger partial charge in [-0.1, -0.05) is 12.1 Å². The molecule has 0 amide bonds. The number of ether oxygens (including phenoxy) is 1. The minimum atomic E-state index is -0.250. The molecule has 0 unspecified atom stereocenters. The zero-order chi connectivity index (χ0) is 20.5. The van der Waals surface area contributed by atoms with Crippen LogP contribution in [0.3, 0.4) is 0 Å². The average Bonchev–Trinajstić information content (AvgIpc) is 3.27. The molecule has 0 radical (unpaired) electrons. The summed E-state index contributed by atoms with van der Waals surface area (Å²) in [4.78, 5) is 15.1. The van der Waals surface area contributed by atoms with Crippen LogP contribution < -0.4 is 4.74 Å². The highest BCUT2D eigenvalue weighted by Gasteiger charge is 2.12. The van der Waals surface area contributed by atoms with Crippen LogP contribution in [0.15, 0.2) is 42.9 Å². The second-order valence-corrected chi connectivity index (χ2v) is 6.50. The van der Waals surface area contributed by atoms with Gasteiger partial charge in [-0.15, -0.1) is 0 Å². The smallest absolute Gasteiger partial charge is 0.290 e. The molecule has 2 aromatic heterocycles. The highest BCUT2D eigenvalue weighted by Crippen LogP contribution is 2.26. The van der Waals surface area contributed by atoms with Crippen molar-refractivity contribution in [1.82, 2.24) is 24.2 Å². The number of benzene rings is 1. The van der Waals surface area contributed by atoms with Gasteiger partial charge in [-0.3, -0.25) is 14.0 Å². The molecule has 0 aliphatic heterocycles. The van der Waals surface area contributed by atoms with Gasteiger partial charge < -0.3 is 14.7 Å². The molecule has 0 saturated carbocycles. The van der Waals surface area contributed by atoms with Crippen LogP contribution in [-0.4, -0.2) is 63.1 Å². The van der Waals surface area contributed by atoms with Crippen molar-refractivity contribution >= 4 is 6.47 Å². The molecule has 8 nitrogen and oxygen atoms in total. The molecule has 0 fully saturated rings. The molecular weight excluding hydrogens is 358 g/mol. The van der Waals surface area contributed by atoms with Crippen LogP contribution >= 0.6 is 0 Å². The van der Waals surface area contributed by atoms with Crippen LogP contribution in [0.4, 0.5) is 0 Å². The molecule has 2 heterocycles. The fourth-order valence-corrected chi connectivity index (χ4v) is 2.73. The molecule has 0 aliphatic carbocycles. The molecule has 0 bridgehead atoms. The number of hydrogen-bond acceptors (Lipinski definition) is 5. The number of nitrogens with zero attached hydrogens (tertiary/aromatic N) is 5. The quantitative estimate of drug-likeness (QED) is 0.497. The van der Waals surface area contributed by atoms with Crippen molar-refractivity contribution in [2.45, 2.75) is 13.3 Å². The minimum Gasteiger partial charge on any atom is -0.494 e. The van der Waals surface area contributed by atoms with Gasteiger partial charge in [-0.05, 0) is 39.6 Å². The first kappa shape index (κ1) is 21.2. The van der Waals surface area contributed by atoms with Gasteiger partial charge in [-0.2, -0.15) is 5.10 Å². The summed E-state index contributed by atoms with van der Waals surface area (Å²) in [5.41, 5.74) is 3.15. The van der Waals surface area contributed by atoms with Crippen molar-refractivity contribution in [3.8, 4) is 22.8 Å². The first-order valence-electron chi connectivity index (χ1n) is 8.96. The molecule has 28 heavy (non-hydrogen) atoms. The summed E-state index contributed by atoms with van der Waals surface area (Å²) in [6, 6.07) is 8.09. The fraction of sp³-hybridized carbons (Fsp3) is 0.350. The van der Waals surface area contributed by atoms with Gasteiger partial charge in [0.1, 0.15) is 11.6 Å². The molecule has 3 rings (SSSR count). The minimum absolute atomic E-state index is 0.250. The van der Waals surface area contributed by atoms with Crippen LogP contribution in [0.5, 0.6) is 5.75 Å². The van der Waals surface area contributed by atoms with Crippen molar-refractivity contribution in [3.63, 3.8) is 0 Å². The molecule has 0 aliphatic rings. The van der Waals surface area contributed by atoms with E-state index in [-0.39, 0.29) is 6.47 Å². The Kier molecular flexibility index (Phi) is 7.76. The van der Waals surface area contributed by atoms with E-state index in [1.54, 1.807) is 0 Å². The second-order valence-electron chi connectivity index (χ2n) is 6.50. The normalized spacial score (nSPS) is 10.5. The van der Waals surface area contributed by atoms with Gasteiger partial charge in [0.25, 0.3) is 6.47 Å². The average molecular weight is 385 g/mol. The van der Waals surface area contributed by atoms with Crippen LogP contribution in [-0.2, 0) is 11.8 Å². The molecule has 0 spiro atoms. The van der Waals surface area contributed by atoms with E-state index in [1.165, 1.54) is 0 Å². The zero-order valence-electron chi connectivity index (χ0n) is 16.7. The first-order valence-corrected chi connectivity index (χ1v) is 8.96. The van der Waals surface area contributed by atoms with Crippen molar-refractivity contribution in [3.05, 3.63) is 48.5 Å². The molecule has 3 aromatic rings. The fourth-order valence-electron chi connectivity index (χ4n) is 2.73. The summed E-state index contributed by atoms with van der Waals surface area (Å²) in [5.74, 6) is 1.75. The summed E-state index contributed by atoms with van der Waals surface area (Å²) >= 11 is 0. The van der Waals surface area contributed by atoms with Gasteiger partial charge >= 0.3 is 0 Å². The third-order valence-corrected chi connectivity index (χ3v) is 4.22. The van der Waals surface area contributed by atoms with Crippen molar-refractivity contribution < 1.29 is 14.6 Å². The maximum absolute atomic E-state index is 8.36. The van der Waals surface area contributed by atoms with Crippen LogP contribution in [0, 0.1) is 6.92 Å². The predicted octanol–water partition coefficient (Wildman–Crippen LogP) is 2.61. The molecule has 0 atom stereocenters. The largest absolute Gasteiger partial charge is 0.494 e. The molecule has 8 heteroatoms. The highest BCUT2D eigenvalue weighted by atomic mass is 16.5. The van der Waals surface area contributed by atoms with Crippen LogP contribution in [0.25, 0.3) is 17.1 Å². The number of hydrogen-bond donors (Lipinski definition) is 1. The Labute approximate surface area is 165 Å². The Bertz CT molecular complexity index is 886. The Morgan fingerprint density at radius 1 is 1.32 bits per heavy atom. The van der Waals surface area contributed by atoms with Gasteiger partial charge in [0.15, 0.2) is 0 Å². The van der Waals surface area contributed by atoms with Crippen molar-refractivity contribution in [1.29, 1.82) is 0 Å². The third-order valence-electron chi connectivity index (χ3n) is 4.22. The predicted molar refractivity (Wildman–Crippen MR) is 108 cm³/mol. The van der Waals surface area contributed by atoms with Crippen LogP contribution in [0.2, 0.25) is 0 Å². The van der Waals surface area contributed by atoms with Crippen molar-refractivity contribution in [2.24, 2.45) is 7.05 Å². The van der Waals surface area contributed by atoms with Crippen molar-refractivity contribution in [2.75, 3.05) is 27.2 Å². The summed E-state index contributed by atoms with van der Waals surface area (Å²) in [7, 11) is 6.08. The van der Waals surface area contributed by atoms with E-state index in [0.717, 1.165) is 41.5 Å². The summed E-state index contributed by atoms with van der Waals surface area (Å²) in [5, 5.41) is 11.2. The summed E-state index contributed by atoms with van der Waals surface area (Å²) < 4.78 is 9.82. The Hall–Kier alpha value is -3.13. The lowest BCUT2D eigenvalue weighted by Gasteiger charge is -2.12. The second kappa shape index (κ2) is 10.3. The molecule has 0 saturated heterocycles. The topological polar surface area (TPSA) is 85.4 Å². The van der Waals surface area contributed by atoms with E-state index < -0.39 is 0 Å². The molecule has 1 N–H and O–H groups in total. The molecule has 150 valence electrons. The third kappa shape index (κ3) is 5.43. The molecule has 1 aromatic carbocycles. The van der Waals surface area contributed by atoms with Gasteiger partial charge in [-0.25, -0.2) is 4.98 Å². The zero-order valence-corrected chi connectivity index (χ0v) is 16.7. The van der Waals surface area contributed by atoms with E-state index in [0.29, 0.717) is 6.61 Å². The number of carboxylic acid groups (broad SMARTS) is 1. The first-order chi connectivity index (χ1) is 13.5. The van der Waals surface area contributed by atoms with E-state index in [4.69, 9.17) is 14.6 Å². The Morgan fingerprint density at radius 3 is 2.71 bits per heavy atom. The lowest BCUT2D eigenvalue weighted by Crippen LogP contribution is -2.15.